The van der Waals surface area contributed by atoms with Gasteiger partial charge in [-0.1, -0.05) is 32.0 Å². The summed E-state index contributed by atoms with van der Waals surface area (Å²) in [5.41, 5.74) is 1.82. The molecule has 0 spiro atoms. The van der Waals surface area contributed by atoms with Gasteiger partial charge < -0.3 is 5.32 Å². The molecule has 0 saturated heterocycles. The predicted octanol–water partition coefficient (Wildman–Crippen LogP) is 3.27. The largest absolute Gasteiger partial charge is 0.369 e. The fourth-order valence-electron chi connectivity index (χ4n) is 2.22. The quantitative estimate of drug-likeness (QED) is 0.779. The van der Waals surface area contributed by atoms with E-state index in [9.17, 15) is 0 Å². The summed E-state index contributed by atoms with van der Waals surface area (Å²) >= 11 is 0. The van der Waals surface area contributed by atoms with Crippen molar-refractivity contribution in [1.82, 2.24) is 19.7 Å². The predicted molar refractivity (Wildman–Crippen MR) is 84.6 cm³/mol. The fraction of sp³-hybridized carbons (Fsp3) is 0.312. The van der Waals surface area contributed by atoms with Crippen molar-refractivity contribution in [3.05, 3.63) is 42.9 Å². The van der Waals surface area contributed by atoms with Crippen LogP contribution in [-0.4, -0.2) is 26.3 Å². The van der Waals surface area contributed by atoms with Crippen LogP contribution in [0, 0.1) is 5.92 Å². The summed E-state index contributed by atoms with van der Waals surface area (Å²) in [6, 6.07) is 10.0. The van der Waals surface area contributed by atoms with Crippen LogP contribution in [0.2, 0.25) is 0 Å². The van der Waals surface area contributed by atoms with Gasteiger partial charge >= 0.3 is 0 Å². The molecule has 3 rings (SSSR count). The second kappa shape index (κ2) is 5.91. The lowest BCUT2D eigenvalue weighted by molar-refractivity contribution is 0.607. The summed E-state index contributed by atoms with van der Waals surface area (Å²) in [6.07, 6.45) is 4.51. The second-order valence-electron chi connectivity index (χ2n) is 5.46. The maximum absolute atomic E-state index is 4.44. The highest BCUT2D eigenvalue weighted by Gasteiger charge is 2.10. The minimum absolute atomic E-state index is 0.668. The number of benzene rings is 1. The smallest absolute Gasteiger partial charge is 0.168 e. The normalized spacial score (nSPS) is 11.2. The lowest BCUT2D eigenvalue weighted by atomic mass is 10.1. The molecule has 0 saturated carbocycles. The average molecular weight is 281 g/mol. The van der Waals surface area contributed by atoms with Gasteiger partial charge in [-0.25, -0.2) is 14.6 Å². The Balaban J connectivity index is 1.93. The van der Waals surface area contributed by atoms with E-state index in [2.05, 4.69) is 34.2 Å². The molecular weight excluding hydrogens is 262 g/mol. The van der Waals surface area contributed by atoms with Gasteiger partial charge in [0.05, 0.1) is 17.3 Å². The fourth-order valence-corrected chi connectivity index (χ4v) is 2.22. The molecule has 5 heteroatoms. The molecule has 21 heavy (non-hydrogen) atoms. The molecule has 2 aromatic heterocycles. The van der Waals surface area contributed by atoms with Crippen LogP contribution in [0.5, 0.6) is 0 Å². The number of rotatable bonds is 5. The zero-order valence-electron chi connectivity index (χ0n) is 12.3. The van der Waals surface area contributed by atoms with Crippen molar-refractivity contribution < 1.29 is 0 Å². The molecule has 0 radical (unpaired) electrons. The van der Waals surface area contributed by atoms with Crippen molar-refractivity contribution in [2.24, 2.45) is 5.92 Å². The molecule has 2 heterocycles. The minimum Gasteiger partial charge on any atom is -0.369 e. The zero-order valence-corrected chi connectivity index (χ0v) is 12.3. The van der Waals surface area contributed by atoms with Gasteiger partial charge in [-0.05, 0) is 24.5 Å². The lowest BCUT2D eigenvalue weighted by Gasteiger charge is -2.08. The Morgan fingerprint density at radius 3 is 2.71 bits per heavy atom. The van der Waals surface area contributed by atoms with E-state index < -0.39 is 0 Å². The highest BCUT2D eigenvalue weighted by Crippen LogP contribution is 2.21. The van der Waals surface area contributed by atoms with Crippen molar-refractivity contribution in [2.45, 2.75) is 20.3 Å². The molecular formula is C16H19N5. The van der Waals surface area contributed by atoms with Gasteiger partial charge in [0, 0.05) is 6.54 Å². The standard InChI is InChI=1S/C16H19N5/c1-12(2)8-9-17-15-14-10-20-21(16(14)19-11-18-15)13-6-4-3-5-7-13/h3-7,10-12H,8-9H2,1-2H3,(H,17,18,19). The minimum atomic E-state index is 0.668. The van der Waals surface area contributed by atoms with Crippen LogP contribution < -0.4 is 5.32 Å². The highest BCUT2D eigenvalue weighted by molar-refractivity contribution is 5.87. The Bertz CT molecular complexity index is 718. The molecule has 0 bridgehead atoms. The Morgan fingerprint density at radius 2 is 1.95 bits per heavy atom. The van der Waals surface area contributed by atoms with Crippen LogP contribution in [0.3, 0.4) is 0 Å². The highest BCUT2D eigenvalue weighted by atomic mass is 15.3. The third-order valence-electron chi connectivity index (χ3n) is 3.38. The van der Waals surface area contributed by atoms with Gasteiger partial charge in [0.1, 0.15) is 12.1 Å². The average Bonchev–Trinajstić information content (AvgIpc) is 2.92. The summed E-state index contributed by atoms with van der Waals surface area (Å²) in [7, 11) is 0. The van der Waals surface area contributed by atoms with Crippen molar-refractivity contribution in [3.63, 3.8) is 0 Å². The molecule has 1 aromatic carbocycles. The number of para-hydroxylation sites is 1. The van der Waals surface area contributed by atoms with E-state index in [1.165, 1.54) is 0 Å². The molecule has 0 atom stereocenters. The van der Waals surface area contributed by atoms with Crippen molar-refractivity contribution in [2.75, 3.05) is 11.9 Å². The molecule has 0 aliphatic rings. The maximum atomic E-state index is 4.44. The third kappa shape index (κ3) is 2.86. The molecule has 5 nitrogen and oxygen atoms in total. The van der Waals surface area contributed by atoms with E-state index in [4.69, 9.17) is 0 Å². The summed E-state index contributed by atoms with van der Waals surface area (Å²) in [6.45, 7) is 5.33. The van der Waals surface area contributed by atoms with E-state index in [1.54, 1.807) is 6.33 Å². The maximum Gasteiger partial charge on any atom is 0.168 e. The summed E-state index contributed by atoms with van der Waals surface area (Å²) < 4.78 is 1.84. The van der Waals surface area contributed by atoms with Gasteiger partial charge in [-0.15, -0.1) is 0 Å². The van der Waals surface area contributed by atoms with Crippen LogP contribution in [0.1, 0.15) is 20.3 Å². The number of aromatic nitrogens is 4. The Kier molecular flexibility index (Phi) is 3.81. The van der Waals surface area contributed by atoms with Gasteiger partial charge in [0.2, 0.25) is 0 Å². The van der Waals surface area contributed by atoms with Gasteiger partial charge in [-0.2, -0.15) is 5.10 Å². The summed E-state index contributed by atoms with van der Waals surface area (Å²) in [5, 5.41) is 8.77. The number of anilines is 1. The first-order valence-electron chi connectivity index (χ1n) is 7.23. The number of fused-ring (bicyclic) bond motifs is 1. The van der Waals surface area contributed by atoms with Gasteiger partial charge in [0.25, 0.3) is 0 Å². The lowest BCUT2D eigenvalue weighted by Crippen LogP contribution is -2.07. The number of hydrogen-bond donors (Lipinski definition) is 1. The molecule has 0 fully saturated rings. The Hall–Kier alpha value is -2.43. The van der Waals surface area contributed by atoms with Crippen molar-refractivity contribution >= 4 is 16.9 Å². The van der Waals surface area contributed by atoms with E-state index in [0.29, 0.717) is 5.92 Å². The third-order valence-corrected chi connectivity index (χ3v) is 3.38. The van der Waals surface area contributed by atoms with Crippen LogP contribution in [0.15, 0.2) is 42.9 Å². The Labute approximate surface area is 124 Å². The van der Waals surface area contributed by atoms with Crippen LogP contribution in [0.25, 0.3) is 16.7 Å². The van der Waals surface area contributed by atoms with Crippen molar-refractivity contribution in [1.29, 1.82) is 0 Å². The topological polar surface area (TPSA) is 55.6 Å². The van der Waals surface area contributed by atoms with Gasteiger partial charge in [-0.3, -0.25) is 0 Å². The van der Waals surface area contributed by atoms with E-state index in [-0.39, 0.29) is 0 Å². The number of nitrogens with one attached hydrogen (secondary N) is 1. The zero-order chi connectivity index (χ0) is 14.7. The molecule has 3 aromatic rings. The van der Waals surface area contributed by atoms with Crippen LogP contribution >= 0.6 is 0 Å². The SMILES string of the molecule is CC(C)CCNc1ncnc2c1cnn2-c1ccccc1. The Morgan fingerprint density at radius 1 is 1.14 bits per heavy atom. The molecule has 0 unspecified atom stereocenters. The molecule has 1 N–H and O–H groups in total. The van der Waals surface area contributed by atoms with Crippen molar-refractivity contribution in [3.8, 4) is 5.69 Å². The monoisotopic (exact) mass is 281 g/mol. The first-order chi connectivity index (χ1) is 10.3. The molecule has 0 amide bonds. The molecule has 108 valence electrons. The second-order valence-corrected chi connectivity index (χ2v) is 5.46. The van der Waals surface area contributed by atoms with E-state index in [1.807, 2.05) is 41.2 Å². The number of hydrogen-bond acceptors (Lipinski definition) is 4. The van der Waals surface area contributed by atoms with Crippen LogP contribution in [0.4, 0.5) is 5.82 Å². The molecule has 0 aliphatic heterocycles. The van der Waals surface area contributed by atoms with E-state index in [0.717, 1.165) is 35.5 Å². The summed E-state index contributed by atoms with van der Waals surface area (Å²) in [5.74, 6) is 1.52. The molecule has 0 aliphatic carbocycles. The van der Waals surface area contributed by atoms with E-state index >= 15 is 0 Å². The van der Waals surface area contributed by atoms with Crippen LogP contribution in [-0.2, 0) is 0 Å². The first-order valence-corrected chi connectivity index (χ1v) is 7.23. The summed E-state index contributed by atoms with van der Waals surface area (Å²) in [4.78, 5) is 8.71. The van der Waals surface area contributed by atoms with Gasteiger partial charge in [0.15, 0.2) is 5.65 Å². The number of nitrogens with zero attached hydrogens (tertiary/aromatic N) is 4. The first kappa shape index (κ1) is 13.5.